The van der Waals surface area contributed by atoms with Gasteiger partial charge in [-0.1, -0.05) is 18.2 Å². The molecule has 2 N–H and O–H groups in total. The van der Waals surface area contributed by atoms with Gasteiger partial charge in [-0.15, -0.1) is 0 Å². The summed E-state index contributed by atoms with van der Waals surface area (Å²) in [4.78, 5) is 16.9. The number of benzene rings is 2. The monoisotopic (exact) mass is 384 g/mol. The van der Waals surface area contributed by atoms with Crippen molar-refractivity contribution in [3.8, 4) is 0 Å². The molecule has 0 saturated carbocycles. The highest BCUT2D eigenvalue weighted by molar-refractivity contribution is 7.85. The van der Waals surface area contributed by atoms with E-state index in [1.54, 1.807) is 43.5 Å². The van der Waals surface area contributed by atoms with Gasteiger partial charge in [-0.05, 0) is 30.3 Å². The first-order valence-electron chi connectivity index (χ1n) is 8.05. The van der Waals surface area contributed by atoms with E-state index in [1.165, 1.54) is 24.5 Å². The summed E-state index contributed by atoms with van der Waals surface area (Å²) in [6.45, 7) is 0.0557. The number of aliphatic imine (C=N–C) groups is 1. The maximum Gasteiger partial charge on any atom is 0.275 e. The van der Waals surface area contributed by atoms with Gasteiger partial charge in [0.05, 0.1) is 33.8 Å². The minimum atomic E-state index is -1.69. The van der Waals surface area contributed by atoms with E-state index in [0.717, 1.165) is 4.68 Å². The average Bonchev–Trinajstić information content (AvgIpc) is 2.69. The van der Waals surface area contributed by atoms with Crippen LogP contribution >= 0.6 is 0 Å². The number of rotatable bonds is 5. The smallest absolute Gasteiger partial charge is 0.275 e. The number of nitrogens with zero attached hydrogens (tertiary/aromatic N) is 3. The summed E-state index contributed by atoms with van der Waals surface area (Å²) in [5, 5.41) is 4.16. The van der Waals surface area contributed by atoms with Crippen LogP contribution in [0.5, 0.6) is 0 Å². The van der Waals surface area contributed by atoms with E-state index in [1.807, 2.05) is 0 Å². The number of hydrogen-bond donors (Lipinski definition) is 1. The first kappa shape index (κ1) is 18.7. The largest absolute Gasteiger partial charge is 0.400 e. The number of allylic oxidation sites excluding steroid dienone is 2. The highest BCUT2D eigenvalue weighted by Gasteiger charge is 2.17. The van der Waals surface area contributed by atoms with Crippen LogP contribution in [0, 0.1) is 5.82 Å². The molecule has 3 rings (SSSR count). The lowest BCUT2D eigenvalue weighted by atomic mass is 10.2. The Morgan fingerprint density at radius 1 is 1.26 bits per heavy atom. The van der Waals surface area contributed by atoms with E-state index in [9.17, 15) is 13.4 Å². The minimum Gasteiger partial charge on any atom is -0.400 e. The van der Waals surface area contributed by atoms with Crippen LogP contribution in [0.25, 0.3) is 10.8 Å². The first-order chi connectivity index (χ1) is 13.0. The minimum absolute atomic E-state index is 0.00576. The van der Waals surface area contributed by atoms with Crippen molar-refractivity contribution in [2.75, 3.05) is 7.05 Å². The molecule has 0 saturated heterocycles. The summed E-state index contributed by atoms with van der Waals surface area (Å²) in [6, 6.07) is 11.4. The van der Waals surface area contributed by atoms with Gasteiger partial charge in [0.25, 0.3) is 5.56 Å². The molecule has 6 nitrogen and oxygen atoms in total. The number of aromatic nitrogens is 2. The van der Waals surface area contributed by atoms with Crippen LogP contribution in [0.2, 0.25) is 0 Å². The molecule has 27 heavy (non-hydrogen) atoms. The van der Waals surface area contributed by atoms with Gasteiger partial charge in [-0.3, -0.25) is 9.79 Å². The molecular formula is C19H17FN4O2S. The Morgan fingerprint density at radius 3 is 2.70 bits per heavy atom. The summed E-state index contributed by atoms with van der Waals surface area (Å²) < 4.78 is 28.7. The number of nitrogens with two attached hydrogens (primary N) is 1. The molecule has 1 unspecified atom stereocenters. The number of hydrogen-bond acceptors (Lipinski definition) is 5. The number of fused-ring (bicyclic) bond motifs is 1. The summed E-state index contributed by atoms with van der Waals surface area (Å²) in [5.74, 6) is -0.715. The lowest BCUT2D eigenvalue weighted by molar-refractivity contribution is 0.600. The van der Waals surface area contributed by atoms with Crippen LogP contribution in [0.1, 0.15) is 0 Å². The van der Waals surface area contributed by atoms with Crippen LogP contribution < -0.4 is 11.3 Å². The molecule has 0 bridgehead atoms. The molecule has 1 atom stereocenters. The quantitative estimate of drug-likeness (QED) is 0.683. The van der Waals surface area contributed by atoms with Crippen molar-refractivity contribution in [1.82, 2.24) is 9.78 Å². The molecule has 0 spiro atoms. The van der Waals surface area contributed by atoms with Gasteiger partial charge >= 0.3 is 0 Å². The summed E-state index contributed by atoms with van der Waals surface area (Å²) in [5.41, 5.74) is 5.73. The third-order valence-electron chi connectivity index (χ3n) is 3.86. The summed E-state index contributed by atoms with van der Waals surface area (Å²) in [7, 11) is -0.0934. The van der Waals surface area contributed by atoms with E-state index in [4.69, 9.17) is 5.73 Å². The number of halogens is 1. The van der Waals surface area contributed by atoms with Crippen LogP contribution in [0.4, 0.5) is 4.39 Å². The normalized spacial score (nSPS) is 13.3. The van der Waals surface area contributed by atoms with E-state index < -0.39 is 22.2 Å². The van der Waals surface area contributed by atoms with Gasteiger partial charge < -0.3 is 5.73 Å². The molecule has 1 heterocycles. The molecule has 2 aromatic carbocycles. The van der Waals surface area contributed by atoms with Gasteiger partial charge in [0, 0.05) is 29.2 Å². The van der Waals surface area contributed by atoms with E-state index in [0.29, 0.717) is 10.6 Å². The molecule has 0 aliphatic heterocycles. The van der Waals surface area contributed by atoms with Gasteiger partial charge in [-0.2, -0.15) is 5.10 Å². The molecule has 0 aliphatic carbocycles. The fraction of sp³-hybridized carbons (Fsp3) is 0.105. The Labute approximate surface area is 157 Å². The topological polar surface area (TPSA) is 90.3 Å². The molecule has 3 aromatic rings. The fourth-order valence-corrected chi connectivity index (χ4v) is 3.65. The molecule has 138 valence electrons. The van der Waals surface area contributed by atoms with Crippen molar-refractivity contribution in [3.63, 3.8) is 0 Å². The second-order valence-corrected chi connectivity index (χ2v) is 7.13. The molecular weight excluding hydrogens is 367 g/mol. The van der Waals surface area contributed by atoms with Gasteiger partial charge in [-0.25, -0.2) is 13.3 Å². The maximum absolute atomic E-state index is 14.9. The average molecular weight is 384 g/mol. The second-order valence-electron chi connectivity index (χ2n) is 5.68. The molecule has 0 fully saturated rings. The van der Waals surface area contributed by atoms with Gasteiger partial charge in [0.2, 0.25) is 0 Å². The van der Waals surface area contributed by atoms with Crippen LogP contribution in [-0.4, -0.2) is 27.3 Å². The standard InChI is InChI=1S/C19H17FN4O2S/c1-22-10-9-13(21)12-24-19(25)15-7-8-17(18(20)16(15)11-23-24)27(26)14-5-3-2-4-6-14/h2-11H,12,21H2,1H3. The molecule has 1 aromatic heterocycles. The van der Waals surface area contributed by atoms with Crippen molar-refractivity contribution in [1.29, 1.82) is 0 Å². The van der Waals surface area contributed by atoms with Crippen molar-refractivity contribution in [3.05, 3.63) is 76.6 Å². The zero-order chi connectivity index (χ0) is 19.4. The Kier molecular flexibility index (Phi) is 5.56. The van der Waals surface area contributed by atoms with Crippen molar-refractivity contribution in [2.24, 2.45) is 10.7 Å². The Bertz CT molecular complexity index is 1120. The van der Waals surface area contributed by atoms with Crippen molar-refractivity contribution < 1.29 is 8.60 Å². The van der Waals surface area contributed by atoms with Crippen LogP contribution in [0.3, 0.4) is 0 Å². The Balaban J connectivity index is 2.04. The predicted octanol–water partition coefficient (Wildman–Crippen LogP) is 2.25. The Morgan fingerprint density at radius 2 is 2.00 bits per heavy atom. The lowest BCUT2D eigenvalue weighted by Crippen LogP contribution is -2.25. The Hall–Kier alpha value is -3.13. The summed E-state index contributed by atoms with van der Waals surface area (Å²) in [6.07, 6.45) is 4.32. The van der Waals surface area contributed by atoms with Crippen molar-refractivity contribution >= 4 is 27.8 Å². The van der Waals surface area contributed by atoms with E-state index in [-0.39, 0.29) is 22.2 Å². The zero-order valence-corrected chi connectivity index (χ0v) is 15.3. The highest BCUT2D eigenvalue weighted by Crippen LogP contribution is 2.24. The molecule has 0 amide bonds. The third-order valence-corrected chi connectivity index (χ3v) is 5.28. The first-order valence-corrected chi connectivity index (χ1v) is 9.20. The van der Waals surface area contributed by atoms with E-state index >= 15 is 0 Å². The maximum atomic E-state index is 14.9. The molecule has 0 aliphatic rings. The van der Waals surface area contributed by atoms with Gasteiger partial charge in [0.15, 0.2) is 0 Å². The van der Waals surface area contributed by atoms with Crippen molar-refractivity contribution in [2.45, 2.75) is 16.3 Å². The van der Waals surface area contributed by atoms with Crippen LogP contribution in [0.15, 0.2) is 80.0 Å². The summed E-state index contributed by atoms with van der Waals surface area (Å²) >= 11 is 0. The molecule has 0 radical (unpaired) electrons. The third kappa shape index (κ3) is 3.85. The predicted molar refractivity (Wildman–Crippen MR) is 104 cm³/mol. The second kappa shape index (κ2) is 8.05. The fourth-order valence-electron chi connectivity index (χ4n) is 2.53. The van der Waals surface area contributed by atoms with Crippen LogP contribution in [-0.2, 0) is 17.3 Å². The highest BCUT2D eigenvalue weighted by atomic mass is 32.2. The lowest BCUT2D eigenvalue weighted by Gasteiger charge is -2.09. The molecule has 8 heteroatoms. The zero-order valence-electron chi connectivity index (χ0n) is 14.5. The van der Waals surface area contributed by atoms with Gasteiger partial charge in [0.1, 0.15) is 5.82 Å². The van der Waals surface area contributed by atoms with E-state index in [2.05, 4.69) is 10.1 Å². The SMILES string of the molecule is CN=CC=C(N)Cn1ncc2c(F)c(S(=O)c3ccccc3)ccc2c1=O.